The minimum atomic E-state index is 0.693. The van der Waals surface area contributed by atoms with Crippen LogP contribution in [0, 0.1) is 0 Å². The van der Waals surface area contributed by atoms with Gasteiger partial charge >= 0.3 is 0 Å². The van der Waals surface area contributed by atoms with Crippen LogP contribution in [0.15, 0.2) is 24.3 Å². The molecule has 1 aromatic heterocycles. The molecule has 3 rings (SSSR count). The highest BCUT2D eigenvalue weighted by Crippen LogP contribution is 2.18. The van der Waals surface area contributed by atoms with E-state index in [0.717, 1.165) is 17.9 Å². The molecule has 1 heterocycles. The van der Waals surface area contributed by atoms with Crippen LogP contribution >= 0.6 is 0 Å². The van der Waals surface area contributed by atoms with Crippen LogP contribution in [0.25, 0.3) is 11.0 Å². The molecule has 0 aliphatic heterocycles. The maximum atomic E-state index is 4.70. The molecule has 0 atom stereocenters. The number of imidazole rings is 1. The normalized spacial score (nSPS) is 17.4. The molecule has 0 unspecified atom stereocenters. The van der Waals surface area contributed by atoms with Crippen molar-refractivity contribution < 1.29 is 0 Å². The predicted octanol–water partition coefficient (Wildman–Crippen LogP) is 3.00. The number of aromatic nitrogens is 2. The number of para-hydroxylation sites is 2. The summed E-state index contributed by atoms with van der Waals surface area (Å²) in [6.45, 7) is 0.885. The van der Waals surface area contributed by atoms with Crippen molar-refractivity contribution in [1.82, 2.24) is 14.9 Å². The number of nitrogens with one attached hydrogen (secondary N) is 1. The van der Waals surface area contributed by atoms with Crippen molar-refractivity contribution in [3.63, 3.8) is 0 Å². The van der Waals surface area contributed by atoms with Crippen LogP contribution in [-0.4, -0.2) is 15.6 Å². The van der Waals surface area contributed by atoms with Gasteiger partial charge < -0.3 is 9.88 Å². The first-order valence-corrected chi connectivity index (χ1v) is 6.98. The van der Waals surface area contributed by atoms with Gasteiger partial charge in [0.2, 0.25) is 0 Å². The quantitative estimate of drug-likeness (QED) is 0.898. The summed E-state index contributed by atoms with van der Waals surface area (Å²) in [6.07, 6.45) is 6.80. The molecule has 0 radical (unpaired) electrons. The topological polar surface area (TPSA) is 29.9 Å². The Balaban J connectivity index is 1.72. The van der Waals surface area contributed by atoms with E-state index in [1.807, 2.05) is 6.07 Å². The molecule has 96 valence electrons. The van der Waals surface area contributed by atoms with Crippen LogP contribution in [0.3, 0.4) is 0 Å². The lowest BCUT2D eigenvalue weighted by molar-refractivity contribution is 0.368. The van der Waals surface area contributed by atoms with Gasteiger partial charge in [-0.05, 0) is 25.0 Å². The Labute approximate surface area is 108 Å². The Kier molecular flexibility index (Phi) is 3.33. The summed E-state index contributed by atoms with van der Waals surface area (Å²) in [6, 6.07) is 9.03. The summed E-state index contributed by atoms with van der Waals surface area (Å²) in [4.78, 5) is 4.70. The average molecular weight is 243 g/mol. The Morgan fingerprint density at radius 2 is 2.00 bits per heavy atom. The Morgan fingerprint density at radius 1 is 1.22 bits per heavy atom. The van der Waals surface area contributed by atoms with Crippen molar-refractivity contribution in [2.24, 2.45) is 7.05 Å². The first-order valence-electron chi connectivity index (χ1n) is 6.98. The molecule has 1 aliphatic rings. The maximum absolute atomic E-state index is 4.70. The van der Waals surface area contributed by atoms with E-state index in [0.29, 0.717) is 6.04 Å². The monoisotopic (exact) mass is 243 g/mol. The van der Waals surface area contributed by atoms with Gasteiger partial charge in [0, 0.05) is 13.1 Å². The second-order valence-electron chi connectivity index (χ2n) is 5.29. The van der Waals surface area contributed by atoms with E-state index in [2.05, 4.69) is 35.1 Å². The second-order valence-corrected chi connectivity index (χ2v) is 5.29. The number of aryl methyl sites for hydroxylation is 1. The lowest BCUT2D eigenvalue weighted by Crippen LogP contribution is -2.31. The molecule has 0 amide bonds. The van der Waals surface area contributed by atoms with E-state index in [1.165, 1.54) is 37.6 Å². The summed E-state index contributed by atoms with van der Waals surface area (Å²) in [5, 5.41) is 3.66. The smallest absolute Gasteiger partial charge is 0.123 e. The summed E-state index contributed by atoms with van der Waals surface area (Å²) < 4.78 is 2.20. The lowest BCUT2D eigenvalue weighted by atomic mass is 9.95. The average Bonchev–Trinajstić information content (AvgIpc) is 2.75. The van der Waals surface area contributed by atoms with Crippen molar-refractivity contribution in [1.29, 1.82) is 0 Å². The molecule has 1 saturated carbocycles. The third kappa shape index (κ3) is 2.27. The van der Waals surface area contributed by atoms with Crippen LogP contribution < -0.4 is 5.32 Å². The third-order valence-corrected chi connectivity index (χ3v) is 4.03. The number of hydrogen-bond acceptors (Lipinski definition) is 2. The first-order chi connectivity index (χ1) is 8.84. The number of benzene rings is 1. The highest BCUT2D eigenvalue weighted by molar-refractivity contribution is 5.75. The Hall–Kier alpha value is -1.35. The Morgan fingerprint density at radius 3 is 2.78 bits per heavy atom. The Bertz CT molecular complexity index is 524. The molecular formula is C15H21N3. The van der Waals surface area contributed by atoms with E-state index >= 15 is 0 Å². The SMILES string of the molecule is Cn1c(CNC2CCCCC2)nc2ccccc21. The zero-order valence-corrected chi connectivity index (χ0v) is 11.0. The van der Waals surface area contributed by atoms with Gasteiger partial charge in [0.05, 0.1) is 17.6 Å². The number of rotatable bonds is 3. The molecule has 1 aliphatic carbocycles. The number of hydrogen-bond donors (Lipinski definition) is 1. The molecule has 0 saturated heterocycles. The number of fused-ring (bicyclic) bond motifs is 1. The van der Waals surface area contributed by atoms with Crippen molar-refractivity contribution in [3.8, 4) is 0 Å². The van der Waals surface area contributed by atoms with Gasteiger partial charge in [-0.3, -0.25) is 0 Å². The van der Waals surface area contributed by atoms with Crippen LogP contribution in [0.2, 0.25) is 0 Å². The van der Waals surface area contributed by atoms with E-state index in [1.54, 1.807) is 0 Å². The fourth-order valence-corrected chi connectivity index (χ4v) is 2.90. The minimum absolute atomic E-state index is 0.693. The van der Waals surface area contributed by atoms with E-state index in [9.17, 15) is 0 Å². The zero-order chi connectivity index (χ0) is 12.4. The molecule has 1 aromatic carbocycles. The van der Waals surface area contributed by atoms with Gasteiger partial charge in [0.25, 0.3) is 0 Å². The van der Waals surface area contributed by atoms with Crippen molar-refractivity contribution >= 4 is 11.0 Å². The lowest BCUT2D eigenvalue weighted by Gasteiger charge is -2.22. The third-order valence-electron chi connectivity index (χ3n) is 4.03. The molecule has 3 nitrogen and oxygen atoms in total. The molecule has 2 aromatic rings. The van der Waals surface area contributed by atoms with E-state index < -0.39 is 0 Å². The highest BCUT2D eigenvalue weighted by atomic mass is 15.1. The summed E-state index contributed by atoms with van der Waals surface area (Å²) in [5.74, 6) is 1.14. The van der Waals surface area contributed by atoms with Gasteiger partial charge in [-0.1, -0.05) is 31.4 Å². The molecule has 0 spiro atoms. The summed E-state index contributed by atoms with van der Waals surface area (Å²) in [5.41, 5.74) is 2.32. The van der Waals surface area contributed by atoms with Crippen LogP contribution in [0.5, 0.6) is 0 Å². The van der Waals surface area contributed by atoms with E-state index in [-0.39, 0.29) is 0 Å². The summed E-state index contributed by atoms with van der Waals surface area (Å²) in [7, 11) is 2.10. The minimum Gasteiger partial charge on any atom is -0.330 e. The van der Waals surface area contributed by atoms with Crippen molar-refractivity contribution in [2.75, 3.05) is 0 Å². The maximum Gasteiger partial charge on any atom is 0.123 e. The van der Waals surface area contributed by atoms with Crippen LogP contribution in [0.4, 0.5) is 0 Å². The molecular weight excluding hydrogens is 222 g/mol. The van der Waals surface area contributed by atoms with Gasteiger partial charge in [0.1, 0.15) is 5.82 Å². The predicted molar refractivity (Wildman–Crippen MR) is 74.4 cm³/mol. The standard InChI is InChI=1S/C15H21N3/c1-18-14-10-6-5-9-13(14)17-15(18)11-16-12-7-3-2-4-8-12/h5-6,9-10,12,16H,2-4,7-8,11H2,1H3. The second kappa shape index (κ2) is 5.11. The molecule has 3 heteroatoms. The highest BCUT2D eigenvalue weighted by Gasteiger charge is 2.14. The van der Waals surface area contributed by atoms with Crippen LogP contribution in [0.1, 0.15) is 37.9 Å². The van der Waals surface area contributed by atoms with Crippen molar-refractivity contribution in [3.05, 3.63) is 30.1 Å². The van der Waals surface area contributed by atoms with Gasteiger partial charge in [0.15, 0.2) is 0 Å². The zero-order valence-electron chi connectivity index (χ0n) is 11.0. The molecule has 18 heavy (non-hydrogen) atoms. The molecule has 1 fully saturated rings. The summed E-state index contributed by atoms with van der Waals surface area (Å²) >= 11 is 0. The van der Waals surface area contributed by atoms with Crippen molar-refractivity contribution in [2.45, 2.75) is 44.7 Å². The fourth-order valence-electron chi connectivity index (χ4n) is 2.90. The van der Waals surface area contributed by atoms with Gasteiger partial charge in [-0.15, -0.1) is 0 Å². The van der Waals surface area contributed by atoms with Crippen LogP contribution in [-0.2, 0) is 13.6 Å². The fraction of sp³-hybridized carbons (Fsp3) is 0.533. The van der Waals surface area contributed by atoms with Gasteiger partial charge in [-0.2, -0.15) is 0 Å². The first kappa shape index (κ1) is 11.7. The largest absolute Gasteiger partial charge is 0.330 e. The van der Waals surface area contributed by atoms with Gasteiger partial charge in [-0.25, -0.2) is 4.98 Å². The van der Waals surface area contributed by atoms with E-state index in [4.69, 9.17) is 4.98 Å². The number of nitrogens with zero attached hydrogens (tertiary/aromatic N) is 2. The molecule has 1 N–H and O–H groups in total. The molecule has 0 bridgehead atoms.